The average molecular weight is 423 g/mol. The molecule has 0 N–H and O–H groups in total. The maximum atomic E-state index is 11.1. The van der Waals surface area contributed by atoms with Crippen molar-refractivity contribution in [2.75, 3.05) is 0 Å². The molecule has 0 atom stereocenters. The largest absolute Gasteiger partial charge is 0.298 e. The number of benzene rings is 5. The zero-order chi connectivity index (χ0) is 22.3. The summed E-state index contributed by atoms with van der Waals surface area (Å²) in [7, 11) is 0. The zero-order valence-electron chi connectivity index (χ0n) is 18.1. The lowest BCUT2D eigenvalue weighted by molar-refractivity contribution is 0.112. The molecule has 5 aromatic carbocycles. The molecule has 1 aliphatic rings. The van der Waals surface area contributed by atoms with E-state index >= 15 is 0 Å². The SMILES string of the molecule is O=Cc1ccc(-c2ccc3c(c2)C(c2ccccc2)(c2ccccc2)c2ccccc2-3)cc1. The van der Waals surface area contributed by atoms with Crippen molar-refractivity contribution in [3.63, 3.8) is 0 Å². The van der Waals surface area contributed by atoms with E-state index in [4.69, 9.17) is 0 Å². The fourth-order valence-corrected chi connectivity index (χ4v) is 5.38. The molecule has 0 fully saturated rings. The van der Waals surface area contributed by atoms with E-state index in [0.29, 0.717) is 5.56 Å². The van der Waals surface area contributed by atoms with E-state index in [9.17, 15) is 4.79 Å². The summed E-state index contributed by atoms with van der Waals surface area (Å²) >= 11 is 0. The Morgan fingerprint density at radius 3 is 1.67 bits per heavy atom. The second-order valence-corrected chi connectivity index (χ2v) is 8.53. The van der Waals surface area contributed by atoms with Gasteiger partial charge >= 0.3 is 0 Å². The second kappa shape index (κ2) is 7.72. The maximum Gasteiger partial charge on any atom is 0.150 e. The molecule has 0 radical (unpaired) electrons. The summed E-state index contributed by atoms with van der Waals surface area (Å²) in [5.41, 5.74) is 10.2. The van der Waals surface area contributed by atoms with Gasteiger partial charge in [0.25, 0.3) is 0 Å². The Balaban J connectivity index is 1.69. The van der Waals surface area contributed by atoms with Gasteiger partial charge in [0.1, 0.15) is 6.29 Å². The minimum absolute atomic E-state index is 0.396. The van der Waals surface area contributed by atoms with Crippen LogP contribution in [0.15, 0.2) is 127 Å². The highest BCUT2D eigenvalue weighted by atomic mass is 16.1. The van der Waals surface area contributed by atoms with Crippen LogP contribution in [0.4, 0.5) is 0 Å². The lowest BCUT2D eigenvalue weighted by atomic mass is 9.67. The van der Waals surface area contributed by atoms with Gasteiger partial charge in [0.05, 0.1) is 5.41 Å². The predicted octanol–water partition coefficient (Wildman–Crippen LogP) is 7.53. The number of hydrogen-bond acceptors (Lipinski definition) is 1. The van der Waals surface area contributed by atoms with E-state index < -0.39 is 5.41 Å². The van der Waals surface area contributed by atoms with Gasteiger partial charge in [-0.05, 0) is 50.6 Å². The fraction of sp³-hybridized carbons (Fsp3) is 0.0312. The molecule has 0 aromatic heterocycles. The van der Waals surface area contributed by atoms with Gasteiger partial charge < -0.3 is 0 Å². The van der Waals surface area contributed by atoms with Crippen molar-refractivity contribution in [2.24, 2.45) is 0 Å². The molecule has 156 valence electrons. The van der Waals surface area contributed by atoms with Crippen LogP contribution >= 0.6 is 0 Å². The third kappa shape index (κ3) is 2.90. The van der Waals surface area contributed by atoms with Crippen molar-refractivity contribution < 1.29 is 4.79 Å². The normalized spacial score (nSPS) is 13.2. The number of carbonyl (C=O) groups is 1. The molecule has 0 saturated carbocycles. The molecular weight excluding hydrogens is 400 g/mol. The molecular formula is C32H22O. The minimum Gasteiger partial charge on any atom is -0.298 e. The number of carbonyl (C=O) groups excluding carboxylic acids is 1. The standard InChI is InChI=1S/C32H22O/c33-22-23-15-17-24(18-16-23)25-19-20-29-28-13-7-8-14-30(28)32(31(29)21-25,26-9-3-1-4-10-26)27-11-5-2-6-12-27/h1-22H. The third-order valence-corrected chi connectivity index (χ3v) is 6.84. The molecule has 1 aliphatic carbocycles. The fourth-order valence-electron chi connectivity index (χ4n) is 5.38. The molecule has 0 saturated heterocycles. The van der Waals surface area contributed by atoms with Gasteiger partial charge in [-0.1, -0.05) is 121 Å². The highest BCUT2D eigenvalue weighted by molar-refractivity contribution is 5.88. The molecule has 1 nitrogen and oxygen atoms in total. The quantitative estimate of drug-likeness (QED) is 0.268. The van der Waals surface area contributed by atoms with Gasteiger partial charge in [-0.25, -0.2) is 0 Å². The molecule has 0 aliphatic heterocycles. The van der Waals surface area contributed by atoms with Crippen LogP contribution in [0.1, 0.15) is 32.6 Å². The predicted molar refractivity (Wildman–Crippen MR) is 135 cm³/mol. The van der Waals surface area contributed by atoms with Crippen LogP contribution in [-0.4, -0.2) is 6.29 Å². The number of fused-ring (bicyclic) bond motifs is 3. The molecule has 6 rings (SSSR count). The van der Waals surface area contributed by atoms with Gasteiger partial charge in [-0.2, -0.15) is 0 Å². The Labute approximate surface area is 194 Å². The summed E-state index contributed by atoms with van der Waals surface area (Å²) < 4.78 is 0. The maximum absolute atomic E-state index is 11.1. The Hall–Kier alpha value is -4.23. The lowest BCUT2D eigenvalue weighted by Crippen LogP contribution is -2.28. The summed E-state index contributed by atoms with van der Waals surface area (Å²) in [6, 6.07) is 45.0. The number of rotatable bonds is 4. The summed E-state index contributed by atoms with van der Waals surface area (Å²) in [6.07, 6.45) is 0.888. The topological polar surface area (TPSA) is 17.1 Å². The van der Waals surface area contributed by atoms with Crippen LogP contribution in [0, 0.1) is 0 Å². The first-order chi connectivity index (χ1) is 16.3. The molecule has 0 unspecified atom stereocenters. The average Bonchev–Trinajstić information content (AvgIpc) is 3.20. The van der Waals surface area contributed by atoms with E-state index in [0.717, 1.165) is 17.4 Å². The summed E-state index contributed by atoms with van der Waals surface area (Å²) in [5, 5.41) is 0. The highest BCUT2D eigenvalue weighted by Gasteiger charge is 2.45. The third-order valence-electron chi connectivity index (χ3n) is 6.84. The van der Waals surface area contributed by atoms with Crippen LogP contribution < -0.4 is 0 Å². The van der Waals surface area contributed by atoms with Gasteiger partial charge in [-0.15, -0.1) is 0 Å². The van der Waals surface area contributed by atoms with Gasteiger partial charge in [0.2, 0.25) is 0 Å². The van der Waals surface area contributed by atoms with E-state index in [-0.39, 0.29) is 0 Å². The molecule has 0 heterocycles. The van der Waals surface area contributed by atoms with E-state index in [1.165, 1.54) is 33.4 Å². The Kier molecular flexibility index (Phi) is 4.55. The molecule has 33 heavy (non-hydrogen) atoms. The summed E-state index contributed by atoms with van der Waals surface area (Å²) in [5.74, 6) is 0. The number of aldehydes is 1. The Morgan fingerprint density at radius 1 is 0.485 bits per heavy atom. The van der Waals surface area contributed by atoms with Crippen molar-refractivity contribution >= 4 is 6.29 Å². The van der Waals surface area contributed by atoms with Gasteiger partial charge in [-0.3, -0.25) is 4.79 Å². The zero-order valence-corrected chi connectivity index (χ0v) is 18.1. The monoisotopic (exact) mass is 422 g/mol. The molecule has 0 amide bonds. The Morgan fingerprint density at radius 2 is 1.03 bits per heavy atom. The van der Waals surface area contributed by atoms with Crippen molar-refractivity contribution in [3.8, 4) is 22.3 Å². The minimum atomic E-state index is -0.396. The van der Waals surface area contributed by atoms with Crippen molar-refractivity contribution in [1.29, 1.82) is 0 Å². The van der Waals surface area contributed by atoms with Crippen molar-refractivity contribution in [3.05, 3.63) is 155 Å². The van der Waals surface area contributed by atoms with E-state index in [1.807, 2.05) is 24.3 Å². The van der Waals surface area contributed by atoms with E-state index in [2.05, 4.69) is 103 Å². The van der Waals surface area contributed by atoms with E-state index in [1.54, 1.807) is 0 Å². The van der Waals surface area contributed by atoms with Crippen molar-refractivity contribution in [1.82, 2.24) is 0 Å². The highest BCUT2D eigenvalue weighted by Crippen LogP contribution is 2.56. The Bertz CT molecular complexity index is 1410. The molecule has 0 spiro atoms. The van der Waals surface area contributed by atoms with Crippen LogP contribution in [0.3, 0.4) is 0 Å². The summed E-state index contributed by atoms with van der Waals surface area (Å²) in [4.78, 5) is 11.1. The van der Waals surface area contributed by atoms with Gasteiger partial charge in [0.15, 0.2) is 0 Å². The van der Waals surface area contributed by atoms with Crippen LogP contribution in [0.5, 0.6) is 0 Å². The first-order valence-electron chi connectivity index (χ1n) is 11.2. The smallest absolute Gasteiger partial charge is 0.150 e. The molecule has 1 heteroatoms. The lowest BCUT2D eigenvalue weighted by Gasteiger charge is -2.34. The van der Waals surface area contributed by atoms with Gasteiger partial charge in [0, 0.05) is 5.56 Å². The number of hydrogen-bond donors (Lipinski definition) is 0. The first-order valence-corrected chi connectivity index (χ1v) is 11.2. The van der Waals surface area contributed by atoms with Crippen LogP contribution in [0.2, 0.25) is 0 Å². The molecule has 0 bridgehead atoms. The van der Waals surface area contributed by atoms with Crippen molar-refractivity contribution in [2.45, 2.75) is 5.41 Å². The molecule has 5 aromatic rings. The first kappa shape index (κ1) is 19.5. The van der Waals surface area contributed by atoms with Crippen LogP contribution in [0.25, 0.3) is 22.3 Å². The van der Waals surface area contributed by atoms with Crippen LogP contribution in [-0.2, 0) is 5.41 Å². The second-order valence-electron chi connectivity index (χ2n) is 8.53. The summed E-state index contributed by atoms with van der Waals surface area (Å²) in [6.45, 7) is 0.